The number of carbonyl (C=O) groups excluding carboxylic acids is 2. The number of piperazine rings is 1. The Kier molecular flexibility index (Phi) is 7.25. The van der Waals surface area contributed by atoms with E-state index in [4.69, 9.17) is 4.74 Å². The van der Waals surface area contributed by atoms with Gasteiger partial charge in [-0.3, -0.25) is 14.5 Å². The molecule has 6 nitrogen and oxygen atoms in total. The first kappa shape index (κ1) is 21.6. The van der Waals surface area contributed by atoms with Crippen molar-refractivity contribution in [2.45, 2.75) is 19.1 Å². The standard InChI is InChI=1S/C24H29N3O3/c1-4-23(28)27-15-14-26(16-18(27)2)17-22(19-8-6-5-7-9-19)30-21-12-10-20(11-13-21)24(29)25-3/h4-13,18,22H,1,14-17H2,2-3H3,(H,25,29)/t18-,22-/m1/s1. The highest BCUT2D eigenvalue weighted by Gasteiger charge is 2.28. The van der Waals surface area contributed by atoms with E-state index in [0.717, 1.165) is 18.7 Å². The molecule has 30 heavy (non-hydrogen) atoms. The van der Waals surface area contributed by atoms with Crippen molar-refractivity contribution in [3.63, 3.8) is 0 Å². The summed E-state index contributed by atoms with van der Waals surface area (Å²) in [6.07, 6.45) is 1.22. The van der Waals surface area contributed by atoms with Crippen molar-refractivity contribution in [3.05, 3.63) is 78.4 Å². The summed E-state index contributed by atoms with van der Waals surface area (Å²) in [7, 11) is 1.61. The first-order chi connectivity index (χ1) is 14.5. The zero-order valence-electron chi connectivity index (χ0n) is 17.6. The van der Waals surface area contributed by atoms with Crippen LogP contribution in [0.1, 0.15) is 28.9 Å². The monoisotopic (exact) mass is 407 g/mol. The van der Waals surface area contributed by atoms with Crippen LogP contribution in [0.4, 0.5) is 0 Å². The summed E-state index contributed by atoms with van der Waals surface area (Å²) in [6, 6.07) is 17.4. The summed E-state index contributed by atoms with van der Waals surface area (Å²) in [6.45, 7) is 8.60. The van der Waals surface area contributed by atoms with Gasteiger partial charge >= 0.3 is 0 Å². The van der Waals surface area contributed by atoms with Crippen LogP contribution in [0, 0.1) is 0 Å². The number of nitrogens with zero attached hydrogens (tertiary/aromatic N) is 2. The smallest absolute Gasteiger partial charge is 0.251 e. The van der Waals surface area contributed by atoms with E-state index in [2.05, 4.69) is 35.9 Å². The van der Waals surface area contributed by atoms with Gasteiger partial charge in [-0.2, -0.15) is 0 Å². The maximum atomic E-state index is 12.0. The maximum absolute atomic E-state index is 12.0. The fourth-order valence-electron chi connectivity index (χ4n) is 3.75. The molecule has 0 bridgehead atoms. The predicted molar refractivity (Wildman–Crippen MR) is 117 cm³/mol. The Hall–Kier alpha value is -3.12. The van der Waals surface area contributed by atoms with E-state index in [-0.39, 0.29) is 24.0 Å². The summed E-state index contributed by atoms with van der Waals surface area (Å²) in [4.78, 5) is 28.0. The van der Waals surface area contributed by atoms with Gasteiger partial charge in [0.1, 0.15) is 11.9 Å². The molecule has 0 aromatic heterocycles. The van der Waals surface area contributed by atoms with Crippen LogP contribution < -0.4 is 10.1 Å². The third-order valence-electron chi connectivity index (χ3n) is 5.39. The van der Waals surface area contributed by atoms with Crippen molar-refractivity contribution in [1.29, 1.82) is 0 Å². The van der Waals surface area contributed by atoms with Crippen LogP contribution in [-0.2, 0) is 4.79 Å². The average molecular weight is 408 g/mol. The lowest BCUT2D eigenvalue weighted by Crippen LogP contribution is -2.54. The zero-order chi connectivity index (χ0) is 21.5. The number of hydrogen-bond acceptors (Lipinski definition) is 4. The SMILES string of the molecule is C=CC(=O)N1CCN(C[C@@H](Oc2ccc(C(=O)NC)cc2)c2ccccc2)C[C@H]1C. The second kappa shape index (κ2) is 10.1. The van der Waals surface area contributed by atoms with E-state index in [0.29, 0.717) is 24.4 Å². The Morgan fingerprint density at radius 2 is 1.87 bits per heavy atom. The normalized spacial score (nSPS) is 17.8. The van der Waals surface area contributed by atoms with E-state index >= 15 is 0 Å². The van der Waals surface area contributed by atoms with Gasteiger partial charge in [0.15, 0.2) is 0 Å². The van der Waals surface area contributed by atoms with Crippen molar-refractivity contribution in [2.75, 3.05) is 33.2 Å². The second-order valence-corrected chi connectivity index (χ2v) is 7.47. The topological polar surface area (TPSA) is 61.9 Å². The van der Waals surface area contributed by atoms with Gasteiger partial charge in [0, 0.05) is 44.8 Å². The van der Waals surface area contributed by atoms with Gasteiger partial charge in [0.2, 0.25) is 5.91 Å². The molecule has 2 aromatic carbocycles. The van der Waals surface area contributed by atoms with Crippen molar-refractivity contribution in [2.24, 2.45) is 0 Å². The molecule has 1 N–H and O–H groups in total. The highest BCUT2D eigenvalue weighted by Crippen LogP contribution is 2.25. The average Bonchev–Trinajstić information content (AvgIpc) is 2.79. The first-order valence-corrected chi connectivity index (χ1v) is 10.2. The number of nitrogens with one attached hydrogen (secondary N) is 1. The van der Waals surface area contributed by atoms with Crippen LogP contribution in [0.25, 0.3) is 0 Å². The summed E-state index contributed by atoms with van der Waals surface area (Å²) in [5.41, 5.74) is 1.68. The largest absolute Gasteiger partial charge is 0.484 e. The van der Waals surface area contributed by atoms with E-state index in [1.54, 1.807) is 19.2 Å². The molecule has 158 valence electrons. The third-order valence-corrected chi connectivity index (χ3v) is 5.39. The van der Waals surface area contributed by atoms with Crippen LogP contribution >= 0.6 is 0 Å². The molecule has 1 saturated heterocycles. The Morgan fingerprint density at radius 1 is 1.17 bits per heavy atom. The van der Waals surface area contributed by atoms with Gasteiger partial charge in [-0.25, -0.2) is 0 Å². The molecule has 2 atom stereocenters. The lowest BCUT2D eigenvalue weighted by atomic mass is 10.1. The predicted octanol–water partition coefficient (Wildman–Crippen LogP) is 2.89. The van der Waals surface area contributed by atoms with Gasteiger partial charge in [-0.05, 0) is 42.8 Å². The summed E-state index contributed by atoms with van der Waals surface area (Å²) < 4.78 is 6.33. The molecule has 2 aromatic rings. The van der Waals surface area contributed by atoms with Gasteiger partial charge in [0.05, 0.1) is 0 Å². The zero-order valence-corrected chi connectivity index (χ0v) is 17.6. The van der Waals surface area contributed by atoms with Crippen molar-refractivity contribution in [3.8, 4) is 5.75 Å². The minimum atomic E-state index is -0.161. The number of carbonyl (C=O) groups is 2. The molecule has 3 rings (SSSR count). The maximum Gasteiger partial charge on any atom is 0.251 e. The van der Waals surface area contributed by atoms with Crippen molar-refractivity contribution in [1.82, 2.24) is 15.1 Å². The molecule has 0 spiro atoms. The minimum Gasteiger partial charge on any atom is -0.484 e. The molecule has 1 fully saturated rings. The van der Waals surface area contributed by atoms with Crippen LogP contribution in [0.3, 0.4) is 0 Å². The molecule has 6 heteroatoms. The summed E-state index contributed by atoms with van der Waals surface area (Å²) in [5.74, 6) is 0.571. The molecular formula is C24H29N3O3. The highest BCUT2D eigenvalue weighted by atomic mass is 16.5. The van der Waals surface area contributed by atoms with E-state index in [1.807, 2.05) is 35.2 Å². The Morgan fingerprint density at radius 3 is 2.47 bits per heavy atom. The fraction of sp³-hybridized carbons (Fsp3) is 0.333. The minimum absolute atomic E-state index is 0.0192. The molecule has 0 saturated carbocycles. The van der Waals surface area contributed by atoms with E-state index in [9.17, 15) is 9.59 Å². The lowest BCUT2D eigenvalue weighted by molar-refractivity contribution is -0.130. The van der Waals surface area contributed by atoms with Crippen LogP contribution in [-0.4, -0.2) is 60.9 Å². The third kappa shape index (κ3) is 5.27. The molecule has 1 heterocycles. The molecule has 0 radical (unpaired) electrons. The van der Waals surface area contributed by atoms with E-state index in [1.165, 1.54) is 6.08 Å². The van der Waals surface area contributed by atoms with Gasteiger partial charge in [-0.15, -0.1) is 0 Å². The molecular weight excluding hydrogens is 378 g/mol. The fourth-order valence-corrected chi connectivity index (χ4v) is 3.75. The number of rotatable bonds is 7. The molecule has 1 aliphatic heterocycles. The number of ether oxygens (including phenoxy) is 1. The first-order valence-electron chi connectivity index (χ1n) is 10.2. The highest BCUT2D eigenvalue weighted by molar-refractivity contribution is 5.94. The molecule has 2 amide bonds. The quantitative estimate of drug-likeness (QED) is 0.717. The number of amides is 2. The van der Waals surface area contributed by atoms with Crippen LogP contribution in [0.15, 0.2) is 67.3 Å². The van der Waals surface area contributed by atoms with Gasteiger partial charge < -0.3 is 15.0 Å². The van der Waals surface area contributed by atoms with Gasteiger partial charge in [0.25, 0.3) is 5.91 Å². The number of benzene rings is 2. The Balaban J connectivity index is 1.72. The second-order valence-electron chi connectivity index (χ2n) is 7.47. The molecule has 1 aliphatic rings. The van der Waals surface area contributed by atoms with Crippen molar-refractivity contribution < 1.29 is 14.3 Å². The van der Waals surface area contributed by atoms with Crippen molar-refractivity contribution >= 4 is 11.8 Å². The summed E-state index contributed by atoms with van der Waals surface area (Å²) in [5, 5.41) is 2.62. The lowest BCUT2D eigenvalue weighted by Gasteiger charge is -2.40. The van der Waals surface area contributed by atoms with E-state index < -0.39 is 0 Å². The van der Waals surface area contributed by atoms with Crippen LogP contribution in [0.5, 0.6) is 5.75 Å². The summed E-state index contributed by atoms with van der Waals surface area (Å²) >= 11 is 0. The Bertz CT molecular complexity index is 867. The number of hydrogen-bond donors (Lipinski definition) is 1. The Labute approximate surface area is 178 Å². The molecule has 0 unspecified atom stereocenters. The van der Waals surface area contributed by atoms with Crippen LogP contribution in [0.2, 0.25) is 0 Å². The molecule has 0 aliphatic carbocycles. The van der Waals surface area contributed by atoms with Gasteiger partial charge in [-0.1, -0.05) is 36.9 Å².